The molecule has 1 N–H and O–H groups in total. The van der Waals surface area contributed by atoms with Crippen molar-refractivity contribution in [2.24, 2.45) is 0 Å². The Labute approximate surface area is 120 Å². The zero-order chi connectivity index (χ0) is 15.4. The highest BCUT2D eigenvalue weighted by molar-refractivity contribution is 5.58. The van der Waals surface area contributed by atoms with Gasteiger partial charge in [-0.05, 0) is 25.3 Å². The van der Waals surface area contributed by atoms with Gasteiger partial charge in [0, 0.05) is 31.0 Å². The molecule has 2 unspecified atom stereocenters. The fraction of sp³-hybridized carbons (Fsp3) is 0.538. The second-order valence-electron chi connectivity index (χ2n) is 4.83. The number of nitrogens with zero attached hydrogens (tertiary/aromatic N) is 1. The lowest BCUT2D eigenvalue weighted by Gasteiger charge is -2.15. The zero-order valence-corrected chi connectivity index (χ0v) is 11.4. The maximum Gasteiger partial charge on any atom is 0.387 e. The predicted octanol–water partition coefficient (Wildman–Crippen LogP) is 3.18. The fourth-order valence-electron chi connectivity index (χ4n) is 2.47. The van der Waals surface area contributed by atoms with E-state index in [0.717, 1.165) is 25.3 Å². The van der Waals surface area contributed by atoms with E-state index in [4.69, 9.17) is 4.74 Å². The molecular weight excluding hydrogens is 286 g/mol. The molecule has 6 nitrogen and oxygen atoms in total. The first-order valence-corrected chi connectivity index (χ1v) is 6.52. The molecule has 1 fully saturated rings. The third-order valence-corrected chi connectivity index (χ3v) is 3.46. The highest BCUT2D eigenvalue weighted by atomic mass is 19.3. The molecule has 0 aliphatic heterocycles. The van der Waals surface area contributed by atoms with Crippen molar-refractivity contribution in [1.29, 1.82) is 0 Å². The summed E-state index contributed by atoms with van der Waals surface area (Å²) in [5.41, 5.74) is 0.0278. The van der Waals surface area contributed by atoms with Gasteiger partial charge in [-0.2, -0.15) is 8.78 Å². The molecule has 116 valence electrons. The number of benzene rings is 1. The van der Waals surface area contributed by atoms with Gasteiger partial charge in [0.2, 0.25) is 5.75 Å². The SMILES string of the molecule is COC1CCC(Nc2ccc([N+](=O)[O-])c(OC(F)F)c2)C1. The number of methoxy groups -OCH3 is 1. The lowest BCUT2D eigenvalue weighted by molar-refractivity contribution is -0.386. The van der Waals surface area contributed by atoms with E-state index in [-0.39, 0.29) is 12.1 Å². The van der Waals surface area contributed by atoms with Crippen LogP contribution in [0.4, 0.5) is 20.2 Å². The van der Waals surface area contributed by atoms with Crippen LogP contribution in [0.15, 0.2) is 18.2 Å². The first-order chi connectivity index (χ1) is 9.99. The lowest BCUT2D eigenvalue weighted by atomic mass is 10.2. The van der Waals surface area contributed by atoms with Crippen LogP contribution in [0, 0.1) is 10.1 Å². The quantitative estimate of drug-likeness (QED) is 0.645. The predicted molar refractivity (Wildman–Crippen MR) is 71.8 cm³/mol. The van der Waals surface area contributed by atoms with Crippen molar-refractivity contribution < 1.29 is 23.2 Å². The van der Waals surface area contributed by atoms with Crippen LogP contribution < -0.4 is 10.1 Å². The normalized spacial score (nSPS) is 21.5. The first kappa shape index (κ1) is 15.4. The molecule has 2 rings (SSSR count). The Bertz CT molecular complexity index is 513. The number of hydrogen-bond donors (Lipinski definition) is 1. The van der Waals surface area contributed by atoms with Crippen LogP contribution in [0.25, 0.3) is 0 Å². The number of halogens is 2. The Morgan fingerprint density at radius 2 is 2.19 bits per heavy atom. The summed E-state index contributed by atoms with van der Waals surface area (Å²) < 4.78 is 34.1. The maximum absolute atomic E-state index is 12.3. The van der Waals surface area contributed by atoms with Gasteiger partial charge >= 0.3 is 12.3 Å². The van der Waals surface area contributed by atoms with E-state index in [9.17, 15) is 18.9 Å². The van der Waals surface area contributed by atoms with Crippen LogP contribution >= 0.6 is 0 Å². The highest BCUT2D eigenvalue weighted by Gasteiger charge is 2.25. The van der Waals surface area contributed by atoms with Crippen molar-refractivity contribution in [3.63, 3.8) is 0 Å². The van der Waals surface area contributed by atoms with Crippen LogP contribution in [0.5, 0.6) is 5.75 Å². The van der Waals surface area contributed by atoms with Gasteiger partial charge in [0.1, 0.15) is 0 Å². The Morgan fingerprint density at radius 1 is 1.43 bits per heavy atom. The van der Waals surface area contributed by atoms with E-state index in [0.29, 0.717) is 5.69 Å². The van der Waals surface area contributed by atoms with Gasteiger partial charge in [0.25, 0.3) is 0 Å². The molecule has 1 aliphatic carbocycles. The van der Waals surface area contributed by atoms with E-state index < -0.39 is 23.0 Å². The Balaban J connectivity index is 2.12. The first-order valence-electron chi connectivity index (χ1n) is 6.52. The number of rotatable bonds is 6. The summed E-state index contributed by atoms with van der Waals surface area (Å²) >= 11 is 0. The number of hydrogen-bond acceptors (Lipinski definition) is 5. The summed E-state index contributed by atoms with van der Waals surface area (Å²) in [6, 6.07) is 4.01. The molecule has 0 aromatic heterocycles. The van der Waals surface area contributed by atoms with Gasteiger partial charge in [-0.3, -0.25) is 10.1 Å². The molecular formula is C13H16F2N2O4. The number of nitrogens with one attached hydrogen (secondary N) is 1. The zero-order valence-electron chi connectivity index (χ0n) is 11.4. The molecule has 1 aromatic rings. The third-order valence-electron chi connectivity index (χ3n) is 3.46. The Kier molecular flexibility index (Phi) is 4.89. The van der Waals surface area contributed by atoms with Crippen molar-refractivity contribution >= 4 is 11.4 Å². The topological polar surface area (TPSA) is 73.6 Å². The Hall–Kier alpha value is -1.96. The van der Waals surface area contributed by atoms with Crippen molar-refractivity contribution in [2.45, 2.75) is 38.0 Å². The molecule has 1 aliphatic rings. The van der Waals surface area contributed by atoms with E-state index in [1.54, 1.807) is 7.11 Å². The summed E-state index contributed by atoms with van der Waals surface area (Å²) in [6.45, 7) is -3.11. The lowest BCUT2D eigenvalue weighted by Crippen LogP contribution is -2.17. The van der Waals surface area contributed by atoms with Crippen molar-refractivity contribution in [3.05, 3.63) is 28.3 Å². The number of anilines is 1. The average Bonchev–Trinajstić information content (AvgIpc) is 2.85. The van der Waals surface area contributed by atoms with Crippen molar-refractivity contribution in [1.82, 2.24) is 0 Å². The van der Waals surface area contributed by atoms with Crippen molar-refractivity contribution in [2.75, 3.05) is 12.4 Å². The van der Waals surface area contributed by atoms with Crippen LogP contribution in [-0.2, 0) is 4.74 Å². The molecule has 2 atom stereocenters. The van der Waals surface area contributed by atoms with E-state index >= 15 is 0 Å². The minimum Gasteiger partial charge on any atom is -0.427 e. The largest absolute Gasteiger partial charge is 0.427 e. The van der Waals surface area contributed by atoms with Crippen LogP contribution in [-0.4, -0.2) is 30.8 Å². The van der Waals surface area contributed by atoms with Crippen molar-refractivity contribution in [3.8, 4) is 5.75 Å². The molecule has 1 aromatic carbocycles. The summed E-state index contributed by atoms with van der Waals surface area (Å²) in [7, 11) is 1.65. The van der Waals surface area contributed by atoms with E-state index in [1.807, 2.05) is 0 Å². The van der Waals surface area contributed by atoms with E-state index in [2.05, 4.69) is 10.1 Å². The molecule has 0 heterocycles. The molecule has 8 heteroatoms. The summed E-state index contributed by atoms with van der Waals surface area (Å²) in [5.74, 6) is -0.443. The molecule has 0 radical (unpaired) electrons. The third kappa shape index (κ3) is 4.01. The number of nitro benzene ring substituents is 1. The number of alkyl halides is 2. The molecule has 21 heavy (non-hydrogen) atoms. The van der Waals surface area contributed by atoms with Gasteiger partial charge in [-0.25, -0.2) is 0 Å². The van der Waals surface area contributed by atoms with Gasteiger partial charge in [0.15, 0.2) is 0 Å². The standard InChI is InChI=1S/C13H16F2N2O4/c1-20-10-4-2-8(6-10)16-9-3-5-11(17(18)19)12(7-9)21-13(14)15/h3,5,7-8,10,13,16H,2,4,6H2,1H3. The summed E-state index contributed by atoms with van der Waals surface area (Å²) in [6.07, 6.45) is 2.79. The van der Waals surface area contributed by atoms with Crippen LogP contribution in [0.2, 0.25) is 0 Å². The van der Waals surface area contributed by atoms with Gasteiger partial charge in [0.05, 0.1) is 11.0 Å². The highest BCUT2D eigenvalue weighted by Crippen LogP contribution is 2.33. The second-order valence-corrected chi connectivity index (χ2v) is 4.83. The van der Waals surface area contributed by atoms with Crippen LogP contribution in [0.3, 0.4) is 0 Å². The smallest absolute Gasteiger partial charge is 0.387 e. The number of nitro groups is 1. The molecule has 0 amide bonds. The van der Waals surface area contributed by atoms with Gasteiger partial charge in [-0.15, -0.1) is 0 Å². The monoisotopic (exact) mass is 302 g/mol. The van der Waals surface area contributed by atoms with Crippen LogP contribution in [0.1, 0.15) is 19.3 Å². The summed E-state index contributed by atoms with van der Waals surface area (Å²) in [5, 5.41) is 13.9. The molecule has 0 spiro atoms. The van der Waals surface area contributed by atoms with E-state index in [1.165, 1.54) is 12.1 Å². The van der Waals surface area contributed by atoms with Gasteiger partial charge < -0.3 is 14.8 Å². The number of ether oxygens (including phenoxy) is 2. The second kappa shape index (κ2) is 6.66. The van der Waals surface area contributed by atoms with Gasteiger partial charge in [-0.1, -0.05) is 0 Å². The maximum atomic E-state index is 12.3. The summed E-state index contributed by atoms with van der Waals surface area (Å²) in [4.78, 5) is 10.0. The average molecular weight is 302 g/mol. The molecule has 1 saturated carbocycles. The Morgan fingerprint density at radius 3 is 2.76 bits per heavy atom. The molecule has 0 bridgehead atoms. The minimum atomic E-state index is -3.11. The molecule has 0 saturated heterocycles. The fourth-order valence-corrected chi connectivity index (χ4v) is 2.47. The minimum absolute atomic E-state index is 0.149.